The Morgan fingerprint density at radius 1 is 1.28 bits per heavy atom. The van der Waals surface area contributed by atoms with Gasteiger partial charge in [-0.05, 0) is 43.3 Å². The fraction of sp³-hybridized carbons (Fsp3) is 0.143. The number of aromatic nitrogens is 1. The van der Waals surface area contributed by atoms with E-state index in [2.05, 4.69) is 6.58 Å². The lowest BCUT2D eigenvalue weighted by Crippen LogP contribution is -2.31. The molecule has 0 saturated heterocycles. The number of benzene rings is 2. The van der Waals surface area contributed by atoms with Gasteiger partial charge >= 0.3 is 0 Å². The topological polar surface area (TPSA) is 92.4 Å². The van der Waals surface area contributed by atoms with E-state index in [-0.39, 0.29) is 17.1 Å². The van der Waals surface area contributed by atoms with Gasteiger partial charge in [0.05, 0.1) is 27.7 Å². The number of methoxy groups -OCH3 is 1. The lowest BCUT2D eigenvalue weighted by Gasteiger charge is -2.19. The average molecular weight is 409 g/mol. The first kappa shape index (κ1) is 20.3. The Bertz CT molecular complexity index is 1240. The molecule has 1 amide bonds. The number of rotatable bonds is 6. The van der Waals surface area contributed by atoms with Crippen molar-refractivity contribution in [3.8, 4) is 6.07 Å². The number of hydrogen-bond donors (Lipinski definition) is 0. The first-order valence-corrected chi connectivity index (χ1v) is 10.1. The van der Waals surface area contributed by atoms with Crippen LogP contribution in [-0.2, 0) is 19.6 Å². The minimum Gasteiger partial charge on any atom is -0.364 e. The maximum absolute atomic E-state index is 13.3. The fourth-order valence-corrected chi connectivity index (χ4v) is 4.33. The summed E-state index contributed by atoms with van der Waals surface area (Å²) in [5, 5.41) is 9.75. The largest absolute Gasteiger partial charge is 0.364 e. The highest BCUT2D eigenvalue weighted by atomic mass is 32.2. The number of fused-ring (bicyclic) bond motifs is 1. The Labute approximate surface area is 169 Å². The van der Waals surface area contributed by atoms with Crippen LogP contribution in [-0.4, -0.2) is 32.1 Å². The van der Waals surface area contributed by atoms with Crippen molar-refractivity contribution in [1.29, 1.82) is 5.26 Å². The molecule has 1 aromatic heterocycles. The minimum absolute atomic E-state index is 0.0887. The first-order valence-electron chi connectivity index (χ1n) is 8.63. The van der Waals surface area contributed by atoms with Crippen molar-refractivity contribution < 1.29 is 17.9 Å². The maximum Gasteiger partial charge on any atom is 0.268 e. The summed E-state index contributed by atoms with van der Waals surface area (Å²) in [6.07, 6.45) is 2.49. The Kier molecular flexibility index (Phi) is 5.55. The van der Waals surface area contributed by atoms with Crippen molar-refractivity contribution in [2.24, 2.45) is 0 Å². The molecule has 7 nitrogen and oxygen atoms in total. The van der Waals surface area contributed by atoms with Gasteiger partial charge in [0.2, 0.25) is 0 Å². The molecule has 0 N–H and O–H groups in total. The van der Waals surface area contributed by atoms with E-state index in [1.165, 1.54) is 36.4 Å². The van der Waals surface area contributed by atoms with Crippen LogP contribution in [0.5, 0.6) is 0 Å². The monoisotopic (exact) mass is 409 g/mol. The van der Waals surface area contributed by atoms with E-state index in [4.69, 9.17) is 4.74 Å². The molecule has 0 bridgehead atoms. The first-order chi connectivity index (χ1) is 13.8. The number of hydrogen-bond acceptors (Lipinski definition) is 5. The van der Waals surface area contributed by atoms with E-state index in [0.717, 1.165) is 15.6 Å². The zero-order chi connectivity index (χ0) is 21.2. The predicted octanol–water partition coefficient (Wildman–Crippen LogP) is 3.18. The molecule has 0 saturated carbocycles. The van der Waals surface area contributed by atoms with Gasteiger partial charge in [0.1, 0.15) is 6.73 Å². The van der Waals surface area contributed by atoms with Crippen LogP contribution in [0.4, 0.5) is 5.69 Å². The molecule has 148 valence electrons. The molecule has 8 heteroatoms. The number of nitrogens with zero attached hydrogens (tertiary/aromatic N) is 3. The van der Waals surface area contributed by atoms with Crippen LogP contribution in [0.15, 0.2) is 66.2 Å². The normalized spacial score (nSPS) is 11.2. The van der Waals surface area contributed by atoms with Crippen LogP contribution in [0.25, 0.3) is 10.9 Å². The smallest absolute Gasteiger partial charge is 0.268 e. The molecule has 0 unspecified atom stereocenters. The molecule has 0 fully saturated rings. The van der Waals surface area contributed by atoms with Gasteiger partial charge in [-0.3, -0.25) is 9.69 Å². The van der Waals surface area contributed by atoms with Gasteiger partial charge in [0.25, 0.3) is 15.9 Å². The van der Waals surface area contributed by atoms with Gasteiger partial charge in [-0.2, -0.15) is 5.26 Å². The van der Waals surface area contributed by atoms with Crippen molar-refractivity contribution >= 4 is 32.5 Å². The molecule has 1 heterocycles. The average Bonchev–Trinajstić information content (AvgIpc) is 3.11. The molecule has 0 spiro atoms. The van der Waals surface area contributed by atoms with Crippen molar-refractivity contribution in [3.63, 3.8) is 0 Å². The van der Waals surface area contributed by atoms with Gasteiger partial charge in [0, 0.05) is 18.7 Å². The van der Waals surface area contributed by atoms with E-state index in [1.54, 1.807) is 24.3 Å². The number of aryl methyl sites for hydroxylation is 1. The summed E-state index contributed by atoms with van der Waals surface area (Å²) >= 11 is 0. The van der Waals surface area contributed by atoms with Gasteiger partial charge in [-0.25, -0.2) is 12.4 Å². The van der Waals surface area contributed by atoms with E-state index in [9.17, 15) is 18.5 Å². The molecule has 0 aliphatic heterocycles. The molecule has 0 radical (unpaired) electrons. The van der Waals surface area contributed by atoms with Gasteiger partial charge < -0.3 is 4.74 Å². The highest BCUT2D eigenvalue weighted by molar-refractivity contribution is 7.90. The van der Waals surface area contributed by atoms with Crippen LogP contribution >= 0.6 is 0 Å². The third kappa shape index (κ3) is 3.66. The SMILES string of the molecule is C=CC(=O)N(COC)c1cn(S(=O)(=O)c2ccc(C)cc2)c2cc(C#N)ccc12. The van der Waals surface area contributed by atoms with Crippen LogP contribution in [0, 0.1) is 18.3 Å². The Morgan fingerprint density at radius 3 is 2.55 bits per heavy atom. The third-order valence-electron chi connectivity index (χ3n) is 4.45. The number of carbonyl (C=O) groups is 1. The summed E-state index contributed by atoms with van der Waals surface area (Å²) in [5.41, 5.74) is 1.86. The fourth-order valence-electron chi connectivity index (χ4n) is 2.98. The summed E-state index contributed by atoms with van der Waals surface area (Å²) < 4.78 is 32.8. The number of amides is 1. The van der Waals surface area contributed by atoms with Gasteiger partial charge in [-0.1, -0.05) is 24.3 Å². The second-order valence-electron chi connectivity index (χ2n) is 6.36. The lowest BCUT2D eigenvalue weighted by atomic mass is 10.1. The van der Waals surface area contributed by atoms with E-state index in [1.807, 2.05) is 13.0 Å². The predicted molar refractivity (Wildman–Crippen MR) is 110 cm³/mol. The molecular formula is C21H19N3O4S. The molecule has 2 aromatic carbocycles. The second kappa shape index (κ2) is 7.91. The summed E-state index contributed by atoms with van der Waals surface area (Å²) in [4.78, 5) is 13.7. The van der Waals surface area contributed by atoms with Crippen LogP contribution < -0.4 is 4.90 Å². The number of nitriles is 1. The van der Waals surface area contributed by atoms with E-state index in [0.29, 0.717) is 16.6 Å². The number of carbonyl (C=O) groups excluding carboxylic acids is 1. The quantitative estimate of drug-likeness (QED) is 0.461. The standard InChI is InChI=1S/C21H19N3O4S/c1-4-21(25)23(14-28-3)20-13-24(19-11-16(12-22)7-10-18(19)20)29(26,27)17-8-5-15(2)6-9-17/h4-11,13H,1,14H2,2-3H3. The lowest BCUT2D eigenvalue weighted by molar-refractivity contribution is -0.115. The van der Waals surface area contributed by atoms with E-state index >= 15 is 0 Å². The van der Waals surface area contributed by atoms with Gasteiger partial charge in [0.15, 0.2) is 0 Å². The van der Waals surface area contributed by atoms with Crippen LogP contribution in [0.1, 0.15) is 11.1 Å². The molecular weight excluding hydrogens is 390 g/mol. The maximum atomic E-state index is 13.3. The zero-order valence-corrected chi connectivity index (χ0v) is 16.8. The van der Waals surface area contributed by atoms with Crippen molar-refractivity contribution in [1.82, 2.24) is 3.97 Å². The van der Waals surface area contributed by atoms with Crippen molar-refractivity contribution in [2.45, 2.75) is 11.8 Å². The van der Waals surface area contributed by atoms with Gasteiger partial charge in [-0.15, -0.1) is 0 Å². The number of ether oxygens (including phenoxy) is 1. The summed E-state index contributed by atoms with van der Waals surface area (Å²) in [6, 6.07) is 13.1. The summed E-state index contributed by atoms with van der Waals surface area (Å²) in [6.45, 7) is 5.27. The highest BCUT2D eigenvalue weighted by Crippen LogP contribution is 2.33. The molecule has 3 aromatic rings. The van der Waals surface area contributed by atoms with E-state index < -0.39 is 15.9 Å². The highest BCUT2D eigenvalue weighted by Gasteiger charge is 2.25. The molecule has 0 aliphatic rings. The molecule has 29 heavy (non-hydrogen) atoms. The van der Waals surface area contributed by atoms with Crippen molar-refractivity contribution in [3.05, 3.63) is 72.4 Å². The summed E-state index contributed by atoms with van der Waals surface area (Å²) in [5.74, 6) is -0.442. The Balaban J connectivity index is 2.32. The zero-order valence-electron chi connectivity index (χ0n) is 16.0. The van der Waals surface area contributed by atoms with Crippen LogP contribution in [0.2, 0.25) is 0 Å². The molecule has 3 rings (SSSR count). The second-order valence-corrected chi connectivity index (χ2v) is 8.18. The minimum atomic E-state index is -3.96. The van der Waals surface area contributed by atoms with Crippen LogP contribution in [0.3, 0.4) is 0 Å². The Morgan fingerprint density at radius 2 is 1.97 bits per heavy atom. The molecule has 0 aliphatic carbocycles. The summed E-state index contributed by atoms with van der Waals surface area (Å²) in [7, 11) is -2.53. The number of anilines is 1. The molecule has 0 atom stereocenters. The van der Waals surface area contributed by atoms with Crippen molar-refractivity contribution in [2.75, 3.05) is 18.7 Å². The third-order valence-corrected chi connectivity index (χ3v) is 6.14. The Hall–Kier alpha value is -3.41.